The van der Waals surface area contributed by atoms with Crippen molar-refractivity contribution in [2.45, 2.75) is 0 Å². The minimum Gasteiger partial charge on any atom is -0.460 e. The molecule has 0 aliphatic rings. The van der Waals surface area contributed by atoms with E-state index >= 15 is 0 Å². The van der Waals surface area contributed by atoms with Crippen molar-refractivity contribution in [1.82, 2.24) is 0 Å². The van der Waals surface area contributed by atoms with Gasteiger partial charge in [-0.1, -0.05) is 12.1 Å². The normalized spacial score (nSPS) is 10.0. The Hall–Kier alpha value is -1.77. The van der Waals surface area contributed by atoms with Crippen LogP contribution >= 0.6 is 0 Å². The molecule has 3 heteroatoms. The third-order valence-corrected chi connectivity index (χ3v) is 1.62. The molecule has 0 saturated carbocycles. The summed E-state index contributed by atoms with van der Waals surface area (Å²) in [5, 5.41) is 0.810. The lowest BCUT2D eigenvalue weighted by molar-refractivity contribution is -0.120. The van der Waals surface area contributed by atoms with Crippen molar-refractivity contribution in [2.24, 2.45) is 0 Å². The molecule has 12 heavy (non-hydrogen) atoms. The largest absolute Gasteiger partial charge is 0.460 e. The number of carbonyl (C=O) groups excluding carboxylic acids is 1. The number of hydrogen-bond acceptors (Lipinski definition) is 3. The van der Waals surface area contributed by atoms with E-state index in [-0.39, 0.29) is 0 Å². The summed E-state index contributed by atoms with van der Waals surface area (Å²) in [7, 11) is 0. The fraction of sp³-hybridized carbons (Fsp3) is 0. The van der Waals surface area contributed by atoms with E-state index in [9.17, 15) is 4.79 Å². The van der Waals surface area contributed by atoms with Crippen LogP contribution in [0.2, 0.25) is 0 Å². The Bertz CT molecular complexity index is 403. The van der Waals surface area contributed by atoms with Gasteiger partial charge >= 0.3 is 0 Å². The molecular weight excluding hydrogens is 156 g/mol. The van der Waals surface area contributed by atoms with Crippen LogP contribution in [0, 0.1) is 0 Å². The van der Waals surface area contributed by atoms with Crippen LogP contribution < -0.4 is 4.74 Å². The summed E-state index contributed by atoms with van der Waals surface area (Å²) < 4.78 is 9.80. The zero-order valence-corrected chi connectivity index (χ0v) is 6.19. The van der Waals surface area contributed by atoms with Crippen molar-refractivity contribution < 1.29 is 13.9 Å². The molecule has 1 heterocycles. The predicted octanol–water partition coefficient (Wildman–Crippen LogP) is 1.97. The highest BCUT2D eigenvalue weighted by atomic mass is 16.5. The van der Waals surface area contributed by atoms with E-state index in [4.69, 9.17) is 4.42 Å². The summed E-state index contributed by atoms with van der Waals surface area (Å²) in [5.41, 5.74) is 0.717. The summed E-state index contributed by atoms with van der Waals surface area (Å²) >= 11 is 0. The second-order valence-electron chi connectivity index (χ2n) is 2.31. The monoisotopic (exact) mass is 162 g/mol. The lowest BCUT2D eigenvalue weighted by Crippen LogP contribution is -1.85. The summed E-state index contributed by atoms with van der Waals surface area (Å²) in [5.74, 6) is 0.459. The van der Waals surface area contributed by atoms with E-state index in [0.29, 0.717) is 17.8 Å². The third-order valence-electron chi connectivity index (χ3n) is 1.62. The molecule has 3 nitrogen and oxygen atoms in total. The standard InChI is InChI=1S/C9H6O3/c10-6-12-9-5-11-8-4-2-1-3-7(8)9/h1-6H. The summed E-state index contributed by atoms with van der Waals surface area (Å²) in [6.45, 7) is 0.386. The van der Waals surface area contributed by atoms with Crippen LogP contribution in [0.5, 0.6) is 5.75 Å². The van der Waals surface area contributed by atoms with Gasteiger partial charge in [-0.15, -0.1) is 0 Å². The maximum absolute atomic E-state index is 10.1. The quantitative estimate of drug-likeness (QED) is 0.633. The van der Waals surface area contributed by atoms with Crippen LogP contribution in [0.4, 0.5) is 0 Å². The Morgan fingerprint density at radius 2 is 2.17 bits per heavy atom. The van der Waals surface area contributed by atoms with Gasteiger partial charge in [0, 0.05) is 0 Å². The molecule has 1 aromatic heterocycles. The van der Waals surface area contributed by atoms with Gasteiger partial charge in [0.05, 0.1) is 5.39 Å². The Labute approximate surface area is 68.5 Å². The van der Waals surface area contributed by atoms with Crippen LogP contribution in [0.1, 0.15) is 0 Å². The Morgan fingerprint density at radius 3 is 3.00 bits per heavy atom. The van der Waals surface area contributed by atoms with Gasteiger partial charge in [-0.3, -0.25) is 4.79 Å². The van der Waals surface area contributed by atoms with E-state index in [1.165, 1.54) is 6.26 Å². The molecule has 0 spiro atoms. The number of ether oxygens (including phenoxy) is 1. The van der Waals surface area contributed by atoms with E-state index in [1.807, 2.05) is 24.3 Å². The first-order chi connectivity index (χ1) is 5.92. The molecule has 0 saturated heterocycles. The van der Waals surface area contributed by atoms with E-state index in [0.717, 1.165) is 5.39 Å². The number of benzene rings is 1. The molecule has 60 valence electrons. The Balaban J connectivity index is 2.62. The van der Waals surface area contributed by atoms with E-state index in [1.54, 1.807) is 0 Å². The molecule has 0 bridgehead atoms. The molecule has 0 aliphatic carbocycles. The number of carbonyl (C=O) groups is 1. The van der Waals surface area contributed by atoms with Crippen LogP contribution in [0.25, 0.3) is 11.0 Å². The first kappa shape index (κ1) is 6.91. The van der Waals surface area contributed by atoms with Gasteiger partial charge in [0.25, 0.3) is 6.47 Å². The fourth-order valence-electron chi connectivity index (χ4n) is 1.10. The van der Waals surface area contributed by atoms with Crippen molar-refractivity contribution in [2.75, 3.05) is 0 Å². The first-order valence-electron chi connectivity index (χ1n) is 3.48. The van der Waals surface area contributed by atoms with E-state index in [2.05, 4.69) is 4.74 Å². The second-order valence-corrected chi connectivity index (χ2v) is 2.31. The van der Waals surface area contributed by atoms with Gasteiger partial charge in [0.1, 0.15) is 11.8 Å². The fourth-order valence-corrected chi connectivity index (χ4v) is 1.10. The van der Waals surface area contributed by atoms with Gasteiger partial charge in [-0.2, -0.15) is 0 Å². The molecule has 0 atom stereocenters. The highest BCUT2D eigenvalue weighted by molar-refractivity contribution is 5.84. The van der Waals surface area contributed by atoms with Crippen molar-refractivity contribution in [3.05, 3.63) is 30.5 Å². The van der Waals surface area contributed by atoms with Crippen LogP contribution in [-0.4, -0.2) is 6.47 Å². The Kier molecular flexibility index (Phi) is 1.55. The van der Waals surface area contributed by atoms with Crippen molar-refractivity contribution in [3.63, 3.8) is 0 Å². The summed E-state index contributed by atoms with van der Waals surface area (Å²) in [4.78, 5) is 10.1. The molecular formula is C9H6O3. The van der Waals surface area contributed by atoms with Crippen molar-refractivity contribution in [1.29, 1.82) is 0 Å². The van der Waals surface area contributed by atoms with Crippen molar-refractivity contribution >= 4 is 17.4 Å². The second kappa shape index (κ2) is 2.70. The molecule has 0 unspecified atom stereocenters. The van der Waals surface area contributed by atoms with Crippen LogP contribution in [-0.2, 0) is 4.79 Å². The number of hydrogen-bond donors (Lipinski definition) is 0. The molecule has 2 rings (SSSR count). The van der Waals surface area contributed by atoms with Gasteiger partial charge in [0.2, 0.25) is 0 Å². The SMILES string of the molecule is O=COc1coc2ccccc12. The van der Waals surface area contributed by atoms with Gasteiger partial charge in [-0.05, 0) is 12.1 Å². The zero-order chi connectivity index (χ0) is 8.39. The highest BCUT2D eigenvalue weighted by Gasteiger charge is 2.04. The molecule has 0 aliphatic heterocycles. The smallest absolute Gasteiger partial charge is 0.298 e. The molecule has 1 aromatic carbocycles. The molecule has 0 radical (unpaired) electrons. The zero-order valence-electron chi connectivity index (χ0n) is 6.19. The van der Waals surface area contributed by atoms with Gasteiger partial charge in [0.15, 0.2) is 5.75 Å². The highest BCUT2D eigenvalue weighted by Crippen LogP contribution is 2.26. The topological polar surface area (TPSA) is 39.4 Å². The van der Waals surface area contributed by atoms with Crippen LogP contribution in [0.15, 0.2) is 34.9 Å². The number of rotatable bonds is 2. The van der Waals surface area contributed by atoms with Gasteiger partial charge in [-0.25, -0.2) is 0 Å². The predicted molar refractivity (Wildman–Crippen MR) is 42.9 cm³/mol. The number of furan rings is 1. The molecule has 0 fully saturated rings. The van der Waals surface area contributed by atoms with Crippen LogP contribution in [0.3, 0.4) is 0 Å². The average Bonchev–Trinajstić information content (AvgIpc) is 2.50. The first-order valence-corrected chi connectivity index (χ1v) is 3.48. The minimum absolute atomic E-state index is 0.386. The van der Waals surface area contributed by atoms with Crippen molar-refractivity contribution in [3.8, 4) is 5.75 Å². The lowest BCUT2D eigenvalue weighted by atomic mass is 10.2. The number of para-hydroxylation sites is 1. The average molecular weight is 162 g/mol. The Morgan fingerprint density at radius 1 is 1.33 bits per heavy atom. The maximum Gasteiger partial charge on any atom is 0.298 e. The maximum atomic E-state index is 10.1. The lowest BCUT2D eigenvalue weighted by Gasteiger charge is -1.90. The molecule has 0 N–H and O–H groups in total. The number of fused-ring (bicyclic) bond motifs is 1. The summed E-state index contributed by atoms with van der Waals surface area (Å²) in [6, 6.07) is 7.36. The minimum atomic E-state index is 0.386. The third kappa shape index (κ3) is 0.955. The van der Waals surface area contributed by atoms with E-state index < -0.39 is 0 Å². The molecule has 0 amide bonds. The summed E-state index contributed by atoms with van der Waals surface area (Å²) in [6.07, 6.45) is 1.42. The molecule has 2 aromatic rings. The van der Waals surface area contributed by atoms with Gasteiger partial charge < -0.3 is 9.15 Å².